The van der Waals surface area contributed by atoms with Gasteiger partial charge in [0.2, 0.25) is 21.8 Å². The molecule has 1 aromatic rings. The van der Waals surface area contributed by atoms with Gasteiger partial charge in [0.1, 0.15) is 5.82 Å². The van der Waals surface area contributed by atoms with E-state index in [0.29, 0.717) is 57.8 Å². The van der Waals surface area contributed by atoms with Gasteiger partial charge in [0.25, 0.3) is 0 Å². The molecule has 0 unspecified atom stereocenters. The number of likely N-dealkylation sites (tertiary alicyclic amines) is 1. The summed E-state index contributed by atoms with van der Waals surface area (Å²) < 4.78 is 40.1. The average molecular weight is 440 g/mol. The monoisotopic (exact) mass is 439 g/mol. The molecule has 0 spiro atoms. The summed E-state index contributed by atoms with van der Waals surface area (Å²) in [7, 11) is -3.68. The molecule has 9 heteroatoms. The number of sulfonamides is 1. The number of halogens is 1. The molecule has 0 atom stereocenters. The highest BCUT2D eigenvalue weighted by Crippen LogP contribution is 2.26. The Labute approximate surface area is 177 Å². The predicted octanol–water partition coefficient (Wildman–Crippen LogP) is 2.14. The molecule has 3 rings (SSSR count). The first-order chi connectivity index (χ1) is 14.4. The van der Waals surface area contributed by atoms with Crippen LogP contribution in [0.15, 0.2) is 29.2 Å². The molecule has 0 radical (unpaired) electrons. The first-order valence-corrected chi connectivity index (χ1v) is 12.1. The molecular weight excluding hydrogens is 409 g/mol. The maximum atomic E-state index is 13.4. The van der Waals surface area contributed by atoms with E-state index in [1.54, 1.807) is 0 Å². The highest BCUT2D eigenvalue weighted by molar-refractivity contribution is 7.89. The standard InChI is InChI=1S/C21H30FN3O4S/c22-18-4-1-5-19(16-18)30(28,29)25-14-9-17(10-15-25)7-8-20(26)23-11-3-13-24-12-2-6-21(24)27/h1,4-5,16-17H,2-3,6-15H2,(H,23,26). The molecule has 0 aromatic heterocycles. The summed E-state index contributed by atoms with van der Waals surface area (Å²) in [5, 5.41) is 2.90. The van der Waals surface area contributed by atoms with E-state index in [4.69, 9.17) is 0 Å². The fourth-order valence-corrected chi connectivity index (χ4v) is 5.58. The van der Waals surface area contributed by atoms with Gasteiger partial charge in [0.05, 0.1) is 4.90 Å². The van der Waals surface area contributed by atoms with E-state index in [1.807, 2.05) is 4.90 Å². The Hall–Kier alpha value is -2.00. The van der Waals surface area contributed by atoms with Gasteiger partial charge in [-0.05, 0) is 56.2 Å². The highest BCUT2D eigenvalue weighted by atomic mass is 32.2. The molecule has 2 fully saturated rings. The van der Waals surface area contributed by atoms with Gasteiger partial charge in [-0.25, -0.2) is 12.8 Å². The van der Waals surface area contributed by atoms with Crippen LogP contribution in [0, 0.1) is 11.7 Å². The molecule has 2 amide bonds. The van der Waals surface area contributed by atoms with Crippen molar-refractivity contribution in [3.05, 3.63) is 30.1 Å². The lowest BCUT2D eigenvalue weighted by molar-refractivity contribution is -0.127. The maximum absolute atomic E-state index is 13.4. The number of nitrogens with zero attached hydrogens (tertiary/aromatic N) is 2. The smallest absolute Gasteiger partial charge is 0.243 e. The minimum atomic E-state index is -3.68. The summed E-state index contributed by atoms with van der Waals surface area (Å²) in [6.45, 7) is 2.84. The Balaban J connectivity index is 1.33. The molecule has 0 aliphatic carbocycles. The molecule has 7 nitrogen and oxygen atoms in total. The van der Waals surface area contributed by atoms with E-state index in [2.05, 4.69) is 5.32 Å². The van der Waals surface area contributed by atoms with Gasteiger partial charge < -0.3 is 10.2 Å². The van der Waals surface area contributed by atoms with Gasteiger partial charge in [-0.1, -0.05) is 6.07 Å². The summed E-state index contributed by atoms with van der Waals surface area (Å²) in [5.41, 5.74) is 0. The summed E-state index contributed by atoms with van der Waals surface area (Å²) in [4.78, 5) is 25.4. The Morgan fingerprint density at radius 3 is 2.63 bits per heavy atom. The van der Waals surface area contributed by atoms with Crippen molar-refractivity contribution < 1.29 is 22.4 Å². The number of carbonyl (C=O) groups is 2. The highest BCUT2D eigenvalue weighted by Gasteiger charge is 2.29. The molecule has 0 saturated carbocycles. The average Bonchev–Trinajstić information content (AvgIpc) is 3.14. The zero-order chi connectivity index (χ0) is 21.6. The van der Waals surface area contributed by atoms with E-state index in [9.17, 15) is 22.4 Å². The molecule has 2 aliphatic rings. The van der Waals surface area contributed by atoms with Crippen LogP contribution in [0.1, 0.15) is 44.9 Å². The largest absolute Gasteiger partial charge is 0.356 e. The number of rotatable bonds is 9. The Morgan fingerprint density at radius 2 is 1.97 bits per heavy atom. The zero-order valence-corrected chi connectivity index (χ0v) is 18.0. The number of hydrogen-bond donors (Lipinski definition) is 1. The van der Waals surface area contributed by atoms with Crippen LogP contribution in [0.4, 0.5) is 4.39 Å². The minimum Gasteiger partial charge on any atom is -0.356 e. The number of amides is 2. The van der Waals surface area contributed by atoms with Crippen LogP contribution >= 0.6 is 0 Å². The van der Waals surface area contributed by atoms with E-state index in [-0.39, 0.29) is 16.7 Å². The van der Waals surface area contributed by atoms with Crippen molar-refractivity contribution in [2.75, 3.05) is 32.7 Å². The topological polar surface area (TPSA) is 86.8 Å². The van der Waals surface area contributed by atoms with Crippen LogP contribution in [-0.4, -0.2) is 62.2 Å². The van der Waals surface area contributed by atoms with E-state index in [0.717, 1.165) is 31.9 Å². The normalized spacial score (nSPS) is 18.7. The maximum Gasteiger partial charge on any atom is 0.243 e. The van der Waals surface area contributed by atoms with Crippen molar-refractivity contribution in [1.82, 2.24) is 14.5 Å². The Bertz CT molecular complexity index is 854. The molecule has 2 heterocycles. The summed E-state index contributed by atoms with van der Waals surface area (Å²) in [6.07, 6.45) is 4.85. The van der Waals surface area contributed by atoms with Gasteiger partial charge in [-0.3, -0.25) is 9.59 Å². The first-order valence-electron chi connectivity index (χ1n) is 10.7. The number of nitrogens with one attached hydrogen (secondary N) is 1. The summed E-state index contributed by atoms with van der Waals surface area (Å²) in [5.74, 6) is -0.0643. The van der Waals surface area contributed by atoms with Crippen LogP contribution in [-0.2, 0) is 19.6 Å². The van der Waals surface area contributed by atoms with E-state index < -0.39 is 15.8 Å². The van der Waals surface area contributed by atoms with Gasteiger partial charge in [0.15, 0.2) is 0 Å². The summed E-state index contributed by atoms with van der Waals surface area (Å²) in [6, 6.07) is 5.08. The van der Waals surface area contributed by atoms with Gasteiger partial charge >= 0.3 is 0 Å². The van der Waals surface area contributed by atoms with Crippen molar-refractivity contribution in [3.8, 4) is 0 Å². The fourth-order valence-electron chi connectivity index (χ4n) is 4.08. The van der Waals surface area contributed by atoms with Crippen molar-refractivity contribution in [3.63, 3.8) is 0 Å². The predicted molar refractivity (Wildman–Crippen MR) is 111 cm³/mol. The van der Waals surface area contributed by atoms with Crippen LogP contribution in [0.5, 0.6) is 0 Å². The van der Waals surface area contributed by atoms with E-state index >= 15 is 0 Å². The van der Waals surface area contributed by atoms with Crippen LogP contribution in [0.2, 0.25) is 0 Å². The third-order valence-electron chi connectivity index (χ3n) is 5.89. The lowest BCUT2D eigenvalue weighted by Crippen LogP contribution is -2.38. The lowest BCUT2D eigenvalue weighted by atomic mass is 9.93. The third-order valence-corrected chi connectivity index (χ3v) is 7.78. The van der Waals surface area contributed by atoms with Crippen LogP contribution < -0.4 is 5.32 Å². The van der Waals surface area contributed by atoms with Crippen molar-refractivity contribution in [2.45, 2.75) is 49.8 Å². The van der Waals surface area contributed by atoms with Crippen molar-refractivity contribution >= 4 is 21.8 Å². The Kier molecular flexibility index (Phi) is 7.82. The molecule has 2 aliphatic heterocycles. The Morgan fingerprint density at radius 1 is 1.20 bits per heavy atom. The summed E-state index contributed by atoms with van der Waals surface area (Å²) >= 11 is 0. The molecule has 1 aromatic carbocycles. The van der Waals surface area contributed by atoms with Crippen LogP contribution in [0.3, 0.4) is 0 Å². The molecule has 166 valence electrons. The quantitative estimate of drug-likeness (QED) is 0.597. The van der Waals surface area contributed by atoms with Crippen molar-refractivity contribution in [1.29, 1.82) is 0 Å². The number of hydrogen-bond acceptors (Lipinski definition) is 4. The lowest BCUT2D eigenvalue weighted by Gasteiger charge is -2.31. The first kappa shape index (κ1) is 22.7. The SMILES string of the molecule is O=C(CCC1CCN(S(=O)(=O)c2cccc(F)c2)CC1)NCCCN1CCCC1=O. The molecule has 0 bridgehead atoms. The number of piperidine rings is 1. The number of carbonyl (C=O) groups excluding carboxylic acids is 2. The molecule has 30 heavy (non-hydrogen) atoms. The zero-order valence-electron chi connectivity index (χ0n) is 17.2. The van der Waals surface area contributed by atoms with Gasteiger partial charge in [-0.2, -0.15) is 4.31 Å². The second kappa shape index (κ2) is 10.3. The van der Waals surface area contributed by atoms with E-state index in [1.165, 1.54) is 22.5 Å². The third kappa shape index (κ3) is 6.01. The minimum absolute atomic E-state index is 0.00226. The molecule has 1 N–H and O–H groups in total. The van der Waals surface area contributed by atoms with Gasteiger partial charge in [-0.15, -0.1) is 0 Å². The van der Waals surface area contributed by atoms with Crippen LogP contribution in [0.25, 0.3) is 0 Å². The molecular formula is C21H30FN3O4S. The van der Waals surface area contributed by atoms with Crippen molar-refractivity contribution in [2.24, 2.45) is 5.92 Å². The second-order valence-corrected chi connectivity index (χ2v) is 9.97. The molecule has 2 saturated heterocycles. The number of benzene rings is 1. The second-order valence-electron chi connectivity index (χ2n) is 8.03. The fraction of sp³-hybridized carbons (Fsp3) is 0.619. The van der Waals surface area contributed by atoms with Gasteiger partial charge in [0, 0.05) is 45.6 Å².